The third kappa shape index (κ3) is 3.77. The number of aryl methyl sites for hydroxylation is 2. The van der Waals surface area contributed by atoms with Crippen LogP contribution in [0.25, 0.3) is 11.2 Å². The van der Waals surface area contributed by atoms with E-state index >= 15 is 0 Å². The van der Waals surface area contributed by atoms with Gasteiger partial charge in [0.05, 0.1) is 5.52 Å². The van der Waals surface area contributed by atoms with Crippen LogP contribution >= 0.6 is 0 Å². The summed E-state index contributed by atoms with van der Waals surface area (Å²) in [4.78, 5) is 39.3. The minimum absolute atomic E-state index is 0.0828. The lowest BCUT2D eigenvalue weighted by atomic mass is 9.99. The monoisotopic (exact) mass is 443 g/mol. The van der Waals surface area contributed by atoms with E-state index in [0.717, 1.165) is 37.3 Å². The summed E-state index contributed by atoms with van der Waals surface area (Å²) in [5.74, 6) is 0.868. The van der Waals surface area contributed by atoms with E-state index in [1.807, 2.05) is 22.8 Å². The first kappa shape index (κ1) is 20.9. The highest BCUT2D eigenvalue weighted by Crippen LogP contribution is 2.28. The molecule has 1 saturated heterocycles. The second kappa shape index (κ2) is 8.20. The Morgan fingerprint density at radius 3 is 2.48 bits per heavy atom. The number of fused-ring (bicyclic) bond motifs is 1. The van der Waals surface area contributed by atoms with Crippen LogP contribution in [0, 0.1) is 13.8 Å². The van der Waals surface area contributed by atoms with Crippen molar-refractivity contribution in [1.82, 2.24) is 19.5 Å². The molecule has 8 nitrogen and oxygen atoms in total. The molecule has 1 fully saturated rings. The molecule has 3 aromatic heterocycles. The van der Waals surface area contributed by atoms with Crippen molar-refractivity contribution >= 4 is 22.8 Å². The lowest BCUT2D eigenvalue weighted by Crippen LogP contribution is -2.37. The Morgan fingerprint density at radius 2 is 1.76 bits per heavy atom. The van der Waals surface area contributed by atoms with Crippen molar-refractivity contribution in [3.63, 3.8) is 0 Å². The Morgan fingerprint density at radius 1 is 1.03 bits per heavy atom. The number of nitrogens with one attached hydrogen (secondary N) is 1. The van der Waals surface area contributed by atoms with Gasteiger partial charge in [-0.3, -0.25) is 14.3 Å². The molecule has 2 N–H and O–H groups in total. The maximum atomic E-state index is 13.1. The van der Waals surface area contributed by atoms with E-state index in [9.17, 15) is 14.7 Å². The third-order valence-electron chi connectivity index (χ3n) is 6.40. The maximum absolute atomic E-state index is 13.1. The first-order chi connectivity index (χ1) is 15.9. The molecule has 0 bridgehead atoms. The van der Waals surface area contributed by atoms with Crippen molar-refractivity contribution in [2.75, 3.05) is 18.0 Å². The fraction of sp³-hybridized carbons (Fsp3) is 0.280. The number of ketones is 1. The highest BCUT2D eigenvalue weighted by molar-refractivity contribution is 6.09. The number of phenols is 1. The molecule has 1 aliphatic heterocycles. The van der Waals surface area contributed by atoms with Gasteiger partial charge >= 0.3 is 5.69 Å². The zero-order valence-corrected chi connectivity index (χ0v) is 18.6. The van der Waals surface area contributed by atoms with Gasteiger partial charge in [-0.05, 0) is 74.2 Å². The number of pyridine rings is 2. The van der Waals surface area contributed by atoms with Crippen molar-refractivity contribution in [3.8, 4) is 5.75 Å². The van der Waals surface area contributed by atoms with Gasteiger partial charge in [-0.1, -0.05) is 0 Å². The Bertz CT molecular complexity index is 1390. The van der Waals surface area contributed by atoms with Crippen molar-refractivity contribution in [1.29, 1.82) is 0 Å². The van der Waals surface area contributed by atoms with Gasteiger partial charge in [0.2, 0.25) is 0 Å². The highest BCUT2D eigenvalue weighted by Gasteiger charge is 2.25. The van der Waals surface area contributed by atoms with Crippen molar-refractivity contribution in [2.24, 2.45) is 0 Å². The molecule has 0 radical (unpaired) electrons. The zero-order chi connectivity index (χ0) is 23.1. The molecule has 0 aliphatic carbocycles. The summed E-state index contributed by atoms with van der Waals surface area (Å²) in [6.45, 7) is 5.03. The number of hydrogen-bond acceptors (Lipinski definition) is 6. The Balaban J connectivity index is 1.35. The first-order valence-electron chi connectivity index (χ1n) is 11.0. The van der Waals surface area contributed by atoms with Gasteiger partial charge in [0, 0.05) is 42.7 Å². The van der Waals surface area contributed by atoms with Crippen LogP contribution in [0.15, 0.2) is 53.6 Å². The van der Waals surface area contributed by atoms with Crippen molar-refractivity contribution in [2.45, 2.75) is 32.7 Å². The molecule has 0 unspecified atom stereocenters. The lowest BCUT2D eigenvalue weighted by molar-refractivity contribution is 0.103. The largest absolute Gasteiger partial charge is 0.507 e. The molecule has 0 saturated carbocycles. The van der Waals surface area contributed by atoms with Gasteiger partial charge in [-0.15, -0.1) is 0 Å². The predicted octanol–water partition coefficient (Wildman–Crippen LogP) is 3.51. The number of phenolic OH excluding ortho intramolecular Hbond substituents is 1. The summed E-state index contributed by atoms with van der Waals surface area (Å²) in [5, 5.41) is 10.0. The molecular formula is C25H25N5O3. The minimum Gasteiger partial charge on any atom is -0.507 e. The van der Waals surface area contributed by atoms with E-state index in [-0.39, 0.29) is 23.3 Å². The van der Waals surface area contributed by atoms with Crippen LogP contribution in [-0.4, -0.2) is 43.5 Å². The summed E-state index contributed by atoms with van der Waals surface area (Å²) >= 11 is 0. The van der Waals surface area contributed by atoms with Crippen LogP contribution in [0.1, 0.15) is 45.9 Å². The Kier molecular flexibility index (Phi) is 5.20. The third-order valence-corrected chi connectivity index (χ3v) is 6.40. The van der Waals surface area contributed by atoms with E-state index in [0.29, 0.717) is 27.9 Å². The molecule has 4 aromatic rings. The van der Waals surface area contributed by atoms with Crippen LogP contribution in [0.3, 0.4) is 0 Å². The average molecular weight is 444 g/mol. The lowest BCUT2D eigenvalue weighted by Gasteiger charge is -2.33. The number of aromatic hydroxyl groups is 1. The van der Waals surface area contributed by atoms with Crippen LogP contribution in [0.4, 0.5) is 5.82 Å². The van der Waals surface area contributed by atoms with Crippen molar-refractivity contribution in [3.05, 3.63) is 81.5 Å². The Labute approximate surface area is 190 Å². The molecule has 5 rings (SSSR count). The molecule has 168 valence electrons. The summed E-state index contributed by atoms with van der Waals surface area (Å²) in [7, 11) is 0. The van der Waals surface area contributed by atoms with E-state index in [1.165, 1.54) is 0 Å². The molecule has 1 aliphatic rings. The zero-order valence-electron chi connectivity index (χ0n) is 18.6. The van der Waals surface area contributed by atoms with Gasteiger partial charge in [0.25, 0.3) is 0 Å². The Hall–Kier alpha value is -3.94. The first-order valence-corrected chi connectivity index (χ1v) is 11.0. The van der Waals surface area contributed by atoms with Gasteiger partial charge < -0.3 is 10.0 Å². The topological polar surface area (TPSA) is 104 Å². The normalized spacial score (nSPS) is 14.7. The molecular weight excluding hydrogens is 418 g/mol. The highest BCUT2D eigenvalue weighted by atomic mass is 16.3. The smallest absolute Gasteiger partial charge is 0.327 e. The SMILES string of the molecule is Cc1cc(C(=O)c2ccnc(N3CCC(n4c(=O)[nH]c5ncccc54)CC3)c2)cc(C)c1O. The average Bonchev–Trinajstić information content (AvgIpc) is 3.17. The van der Waals surface area contributed by atoms with E-state index in [2.05, 4.69) is 19.9 Å². The van der Waals surface area contributed by atoms with E-state index in [4.69, 9.17) is 0 Å². The predicted molar refractivity (Wildman–Crippen MR) is 126 cm³/mol. The molecule has 1 aromatic carbocycles. The number of nitrogens with zero attached hydrogens (tertiary/aromatic N) is 4. The number of H-pyrrole nitrogens is 1. The van der Waals surface area contributed by atoms with Gasteiger partial charge in [-0.2, -0.15) is 0 Å². The quantitative estimate of drug-likeness (QED) is 0.468. The van der Waals surface area contributed by atoms with Gasteiger partial charge in [0.15, 0.2) is 11.4 Å². The number of rotatable bonds is 4. The standard InChI is InChI=1S/C25H25N5O3/c1-15-12-18(13-16(2)22(15)31)23(32)17-5-9-26-21(14-17)29-10-6-19(7-11-29)30-20-4-3-8-27-24(20)28-25(30)33/h3-5,8-9,12-14,19,31H,6-7,10-11H2,1-2H3,(H,27,28,33). The second-order valence-corrected chi connectivity index (χ2v) is 8.58. The van der Waals surface area contributed by atoms with Crippen LogP contribution in [0.5, 0.6) is 5.75 Å². The number of anilines is 1. The number of aromatic amines is 1. The summed E-state index contributed by atoms with van der Waals surface area (Å²) in [5.41, 5.74) is 3.77. The van der Waals surface area contributed by atoms with Crippen LogP contribution < -0.4 is 10.6 Å². The summed E-state index contributed by atoms with van der Waals surface area (Å²) in [6.07, 6.45) is 4.91. The minimum atomic E-state index is -0.132. The molecule has 0 spiro atoms. The summed E-state index contributed by atoms with van der Waals surface area (Å²) in [6, 6.07) is 10.8. The van der Waals surface area contributed by atoms with Crippen molar-refractivity contribution < 1.29 is 9.90 Å². The van der Waals surface area contributed by atoms with Crippen LogP contribution in [0.2, 0.25) is 0 Å². The number of carbonyl (C=O) groups excluding carboxylic acids is 1. The maximum Gasteiger partial charge on any atom is 0.327 e. The molecule has 4 heterocycles. The molecule has 8 heteroatoms. The molecule has 0 amide bonds. The number of hydrogen-bond donors (Lipinski definition) is 2. The molecule has 0 atom stereocenters. The number of benzene rings is 1. The summed E-state index contributed by atoms with van der Waals surface area (Å²) < 4.78 is 1.81. The van der Waals surface area contributed by atoms with E-state index < -0.39 is 0 Å². The van der Waals surface area contributed by atoms with E-state index in [1.54, 1.807) is 44.4 Å². The number of imidazole rings is 1. The second-order valence-electron chi connectivity index (χ2n) is 8.58. The fourth-order valence-corrected chi connectivity index (χ4v) is 4.66. The van der Waals surface area contributed by atoms with Crippen LogP contribution in [-0.2, 0) is 0 Å². The van der Waals surface area contributed by atoms with Gasteiger partial charge in [-0.25, -0.2) is 14.8 Å². The fourth-order valence-electron chi connectivity index (χ4n) is 4.66. The number of carbonyl (C=O) groups is 1. The molecule has 33 heavy (non-hydrogen) atoms. The number of aromatic nitrogens is 4. The van der Waals surface area contributed by atoms with Gasteiger partial charge in [0.1, 0.15) is 11.6 Å². The number of piperidine rings is 1.